The SMILES string of the molecule is CCNC(=NCC(O)c1ccc(OC)c(OC)c1)N1CCN(c2cccs2)CC1.I. The second-order valence-electron chi connectivity index (χ2n) is 6.75. The molecule has 9 heteroatoms. The summed E-state index contributed by atoms with van der Waals surface area (Å²) in [5.74, 6) is 2.09. The maximum absolute atomic E-state index is 10.6. The summed E-state index contributed by atoms with van der Waals surface area (Å²) in [7, 11) is 3.18. The van der Waals surface area contributed by atoms with Gasteiger partial charge in [0, 0.05) is 32.7 Å². The number of aliphatic hydroxyl groups excluding tert-OH is 1. The van der Waals surface area contributed by atoms with Crippen molar-refractivity contribution < 1.29 is 14.6 Å². The molecule has 1 aliphatic rings. The molecule has 1 atom stereocenters. The molecule has 0 amide bonds. The molecule has 1 unspecified atom stereocenters. The minimum atomic E-state index is -0.712. The van der Waals surface area contributed by atoms with Gasteiger partial charge in [0.15, 0.2) is 17.5 Å². The van der Waals surface area contributed by atoms with Gasteiger partial charge in [-0.15, -0.1) is 35.3 Å². The zero-order valence-corrected chi connectivity index (χ0v) is 20.9. The molecule has 3 rings (SSSR count). The van der Waals surface area contributed by atoms with Crippen molar-refractivity contribution in [3.63, 3.8) is 0 Å². The zero-order valence-electron chi connectivity index (χ0n) is 17.7. The summed E-state index contributed by atoms with van der Waals surface area (Å²) in [4.78, 5) is 9.36. The molecule has 1 saturated heterocycles. The molecule has 0 saturated carbocycles. The van der Waals surface area contributed by atoms with E-state index in [-0.39, 0.29) is 30.5 Å². The lowest BCUT2D eigenvalue weighted by molar-refractivity contribution is 0.186. The van der Waals surface area contributed by atoms with Crippen molar-refractivity contribution in [2.24, 2.45) is 4.99 Å². The summed E-state index contributed by atoms with van der Waals surface area (Å²) >= 11 is 1.78. The van der Waals surface area contributed by atoms with Gasteiger partial charge in [0.25, 0.3) is 0 Å². The number of hydrogen-bond acceptors (Lipinski definition) is 6. The minimum Gasteiger partial charge on any atom is -0.493 e. The first kappa shape index (κ1) is 24.5. The normalized spacial score (nSPS) is 15.4. The highest BCUT2D eigenvalue weighted by Gasteiger charge is 2.21. The summed E-state index contributed by atoms with van der Waals surface area (Å²) in [6.07, 6.45) is -0.712. The van der Waals surface area contributed by atoms with Crippen LogP contribution in [0.3, 0.4) is 0 Å². The van der Waals surface area contributed by atoms with E-state index in [9.17, 15) is 5.11 Å². The minimum absolute atomic E-state index is 0. The largest absolute Gasteiger partial charge is 0.493 e. The number of halogens is 1. The number of ether oxygens (including phenoxy) is 2. The Morgan fingerprint density at radius 3 is 2.50 bits per heavy atom. The molecule has 0 spiro atoms. The highest BCUT2D eigenvalue weighted by Crippen LogP contribution is 2.30. The predicted octanol–water partition coefficient (Wildman–Crippen LogP) is 3.20. The van der Waals surface area contributed by atoms with Crippen LogP contribution in [0.4, 0.5) is 5.00 Å². The molecule has 0 aliphatic carbocycles. The van der Waals surface area contributed by atoms with E-state index in [1.165, 1.54) is 5.00 Å². The molecule has 7 nitrogen and oxygen atoms in total. The Kier molecular flexibility index (Phi) is 9.99. The highest BCUT2D eigenvalue weighted by molar-refractivity contribution is 14.0. The van der Waals surface area contributed by atoms with Gasteiger partial charge in [-0.25, -0.2) is 0 Å². The average Bonchev–Trinajstić information content (AvgIpc) is 3.31. The van der Waals surface area contributed by atoms with Crippen LogP contribution < -0.4 is 19.7 Å². The third-order valence-corrected chi connectivity index (χ3v) is 5.87. The third-order valence-electron chi connectivity index (χ3n) is 4.94. The van der Waals surface area contributed by atoms with E-state index in [0.29, 0.717) is 11.5 Å². The van der Waals surface area contributed by atoms with Crippen molar-refractivity contribution in [3.05, 3.63) is 41.3 Å². The Hall–Kier alpha value is -1.72. The summed E-state index contributed by atoms with van der Waals surface area (Å²) in [6.45, 7) is 6.85. The topological polar surface area (TPSA) is 69.6 Å². The number of benzene rings is 1. The molecule has 2 heterocycles. The van der Waals surface area contributed by atoms with Crippen LogP contribution in [0, 0.1) is 0 Å². The van der Waals surface area contributed by atoms with Gasteiger partial charge < -0.3 is 29.7 Å². The van der Waals surface area contributed by atoms with E-state index in [1.807, 2.05) is 6.07 Å². The van der Waals surface area contributed by atoms with Crippen molar-refractivity contribution >= 4 is 46.3 Å². The van der Waals surface area contributed by atoms with Crippen LogP contribution in [0.2, 0.25) is 0 Å². The lowest BCUT2D eigenvalue weighted by Crippen LogP contribution is -2.52. The van der Waals surface area contributed by atoms with Crippen molar-refractivity contribution in [1.29, 1.82) is 0 Å². The fourth-order valence-corrected chi connectivity index (χ4v) is 4.14. The number of aliphatic imine (C=N–C) groups is 1. The van der Waals surface area contributed by atoms with Crippen molar-refractivity contribution in [3.8, 4) is 11.5 Å². The van der Waals surface area contributed by atoms with Crippen LogP contribution in [-0.4, -0.2) is 69.5 Å². The fraction of sp³-hybridized carbons (Fsp3) is 0.476. The van der Waals surface area contributed by atoms with Crippen LogP contribution in [-0.2, 0) is 0 Å². The predicted molar refractivity (Wildman–Crippen MR) is 134 cm³/mol. The van der Waals surface area contributed by atoms with Gasteiger partial charge in [-0.1, -0.05) is 6.07 Å². The second kappa shape index (κ2) is 12.2. The summed E-state index contributed by atoms with van der Waals surface area (Å²) < 4.78 is 10.6. The van der Waals surface area contributed by atoms with E-state index < -0.39 is 6.10 Å². The molecule has 2 N–H and O–H groups in total. The first-order valence-corrected chi connectivity index (χ1v) is 10.8. The van der Waals surface area contributed by atoms with Gasteiger partial charge in [-0.2, -0.15) is 0 Å². The number of thiophene rings is 1. The quantitative estimate of drug-likeness (QED) is 0.316. The molecule has 30 heavy (non-hydrogen) atoms. The van der Waals surface area contributed by atoms with E-state index in [0.717, 1.165) is 44.2 Å². The molecule has 1 aliphatic heterocycles. The fourth-order valence-electron chi connectivity index (χ4n) is 3.35. The number of aliphatic hydroxyl groups is 1. The molecule has 2 aromatic rings. The van der Waals surface area contributed by atoms with Crippen molar-refractivity contribution in [2.75, 3.05) is 58.4 Å². The van der Waals surface area contributed by atoms with Crippen molar-refractivity contribution in [1.82, 2.24) is 10.2 Å². The Bertz CT molecular complexity index is 796. The van der Waals surface area contributed by atoms with E-state index in [4.69, 9.17) is 14.5 Å². The third kappa shape index (κ3) is 6.14. The first-order chi connectivity index (χ1) is 14.2. The Morgan fingerprint density at radius 1 is 1.17 bits per heavy atom. The summed E-state index contributed by atoms with van der Waals surface area (Å²) in [5, 5.41) is 17.4. The molecule has 1 aromatic heterocycles. The molecule has 1 aromatic carbocycles. The molecule has 0 radical (unpaired) electrons. The number of nitrogens with zero attached hydrogens (tertiary/aromatic N) is 3. The maximum Gasteiger partial charge on any atom is 0.194 e. The number of methoxy groups -OCH3 is 2. The average molecular weight is 546 g/mol. The molecule has 0 bridgehead atoms. The van der Waals surface area contributed by atoms with Crippen LogP contribution in [0.1, 0.15) is 18.6 Å². The standard InChI is InChI=1S/C21H30N4O3S.HI/c1-4-22-21(25-11-9-24(10-12-25)20-6-5-13-29-20)23-15-17(26)16-7-8-18(27-2)19(14-16)28-3;/h5-8,13-14,17,26H,4,9-12,15H2,1-3H3,(H,22,23);1H. The molecular weight excluding hydrogens is 515 g/mol. The zero-order chi connectivity index (χ0) is 20.6. The van der Waals surface area contributed by atoms with E-state index in [1.54, 1.807) is 37.7 Å². The maximum atomic E-state index is 10.6. The Morgan fingerprint density at radius 2 is 1.90 bits per heavy atom. The Labute approximate surface area is 199 Å². The molecular formula is C21H31IN4O3S. The number of anilines is 1. The first-order valence-electron chi connectivity index (χ1n) is 9.88. The second-order valence-corrected chi connectivity index (χ2v) is 7.68. The smallest absolute Gasteiger partial charge is 0.194 e. The van der Waals surface area contributed by atoms with Gasteiger partial charge >= 0.3 is 0 Å². The van der Waals surface area contributed by atoms with Crippen LogP contribution in [0.25, 0.3) is 0 Å². The van der Waals surface area contributed by atoms with Gasteiger partial charge in [0.05, 0.1) is 31.9 Å². The number of rotatable bonds is 7. The van der Waals surface area contributed by atoms with Gasteiger partial charge in [-0.05, 0) is 42.1 Å². The van der Waals surface area contributed by atoms with Crippen LogP contribution in [0.5, 0.6) is 11.5 Å². The highest BCUT2D eigenvalue weighted by atomic mass is 127. The van der Waals surface area contributed by atoms with Gasteiger partial charge in [0.2, 0.25) is 0 Å². The Balaban J connectivity index is 0.00000320. The van der Waals surface area contributed by atoms with Crippen LogP contribution in [0.15, 0.2) is 40.7 Å². The van der Waals surface area contributed by atoms with Gasteiger partial charge in [-0.3, -0.25) is 4.99 Å². The lowest BCUT2D eigenvalue weighted by Gasteiger charge is -2.37. The summed E-state index contributed by atoms with van der Waals surface area (Å²) in [6, 6.07) is 9.70. The number of guanidine groups is 1. The van der Waals surface area contributed by atoms with Gasteiger partial charge in [0.1, 0.15) is 0 Å². The summed E-state index contributed by atoms with van der Waals surface area (Å²) in [5.41, 5.74) is 0.754. The number of nitrogens with one attached hydrogen (secondary N) is 1. The number of piperazine rings is 1. The molecule has 166 valence electrons. The number of hydrogen-bond donors (Lipinski definition) is 2. The van der Waals surface area contributed by atoms with E-state index >= 15 is 0 Å². The monoisotopic (exact) mass is 546 g/mol. The van der Waals surface area contributed by atoms with Crippen LogP contribution >= 0.6 is 35.3 Å². The lowest BCUT2D eigenvalue weighted by atomic mass is 10.1. The van der Waals surface area contributed by atoms with E-state index in [2.05, 4.69) is 39.6 Å². The molecule has 1 fully saturated rings. The van der Waals surface area contributed by atoms with Crippen molar-refractivity contribution in [2.45, 2.75) is 13.0 Å².